The van der Waals surface area contributed by atoms with Crippen LogP contribution < -0.4 is 10.9 Å². The fourth-order valence-corrected chi connectivity index (χ4v) is 3.39. The fraction of sp³-hybridized carbons (Fsp3) is 0.174. The second-order valence-electron chi connectivity index (χ2n) is 7.20. The molecule has 2 aromatic carbocycles. The van der Waals surface area contributed by atoms with Crippen molar-refractivity contribution in [2.24, 2.45) is 0 Å². The summed E-state index contributed by atoms with van der Waals surface area (Å²) < 4.78 is 3.28. The predicted molar refractivity (Wildman–Crippen MR) is 115 cm³/mol. The number of nitrogens with zero attached hydrogens (tertiary/aromatic N) is 3. The number of nitrogens with one attached hydrogen (secondary N) is 1. The standard InChI is InChI=1S/C23H22N4O2/c1-16(2)27-15-24-21-19(17-9-5-3-6-10-17)13-26(22(21)23(27)29)14-20(28)25-18-11-7-4-8-12-18/h3-13,15-16H,14H2,1-2H3,(H,25,28). The molecule has 1 amide bonds. The summed E-state index contributed by atoms with van der Waals surface area (Å²) in [5.74, 6) is -0.202. The Morgan fingerprint density at radius 3 is 2.34 bits per heavy atom. The third-order valence-corrected chi connectivity index (χ3v) is 4.81. The molecule has 0 saturated carbocycles. The molecule has 6 heteroatoms. The molecular formula is C23H22N4O2. The number of para-hydroxylation sites is 1. The summed E-state index contributed by atoms with van der Waals surface area (Å²) in [6.07, 6.45) is 3.42. The van der Waals surface area contributed by atoms with Crippen LogP contribution in [-0.4, -0.2) is 20.0 Å². The van der Waals surface area contributed by atoms with Gasteiger partial charge in [0, 0.05) is 23.5 Å². The zero-order valence-electron chi connectivity index (χ0n) is 16.4. The van der Waals surface area contributed by atoms with E-state index in [0.717, 1.165) is 16.8 Å². The molecule has 146 valence electrons. The van der Waals surface area contributed by atoms with Gasteiger partial charge in [-0.2, -0.15) is 0 Å². The van der Waals surface area contributed by atoms with Gasteiger partial charge < -0.3 is 9.88 Å². The molecule has 0 fully saturated rings. The van der Waals surface area contributed by atoms with E-state index in [1.54, 1.807) is 15.5 Å². The van der Waals surface area contributed by atoms with Gasteiger partial charge in [0.25, 0.3) is 5.56 Å². The number of aromatic nitrogens is 3. The van der Waals surface area contributed by atoms with Crippen molar-refractivity contribution in [3.63, 3.8) is 0 Å². The first-order valence-electron chi connectivity index (χ1n) is 9.55. The largest absolute Gasteiger partial charge is 0.332 e. The summed E-state index contributed by atoms with van der Waals surface area (Å²) in [5.41, 5.74) is 3.39. The van der Waals surface area contributed by atoms with Crippen LogP contribution in [0.3, 0.4) is 0 Å². The molecule has 2 aromatic heterocycles. The summed E-state index contributed by atoms with van der Waals surface area (Å²) in [7, 11) is 0. The summed E-state index contributed by atoms with van der Waals surface area (Å²) in [6.45, 7) is 3.89. The number of hydrogen-bond donors (Lipinski definition) is 1. The third kappa shape index (κ3) is 3.69. The van der Waals surface area contributed by atoms with Gasteiger partial charge in [0.1, 0.15) is 17.6 Å². The van der Waals surface area contributed by atoms with E-state index in [9.17, 15) is 9.59 Å². The van der Waals surface area contributed by atoms with E-state index in [0.29, 0.717) is 11.0 Å². The molecule has 0 aliphatic heterocycles. The first kappa shape index (κ1) is 18.7. The Morgan fingerprint density at radius 1 is 1.03 bits per heavy atom. The Labute approximate surface area is 168 Å². The van der Waals surface area contributed by atoms with E-state index in [1.807, 2.05) is 80.7 Å². The lowest BCUT2D eigenvalue weighted by Gasteiger charge is -2.11. The van der Waals surface area contributed by atoms with Crippen LogP contribution in [0.1, 0.15) is 19.9 Å². The van der Waals surface area contributed by atoms with Crippen molar-refractivity contribution in [3.8, 4) is 11.1 Å². The Bertz CT molecular complexity index is 1210. The number of benzene rings is 2. The van der Waals surface area contributed by atoms with Crippen molar-refractivity contribution >= 4 is 22.6 Å². The second kappa shape index (κ2) is 7.75. The van der Waals surface area contributed by atoms with Crippen molar-refractivity contribution in [1.82, 2.24) is 14.1 Å². The second-order valence-corrected chi connectivity index (χ2v) is 7.20. The van der Waals surface area contributed by atoms with Gasteiger partial charge in [-0.15, -0.1) is 0 Å². The van der Waals surface area contributed by atoms with E-state index in [-0.39, 0.29) is 24.1 Å². The van der Waals surface area contributed by atoms with Gasteiger partial charge in [-0.3, -0.25) is 14.2 Å². The van der Waals surface area contributed by atoms with Gasteiger partial charge in [-0.05, 0) is 31.5 Å². The molecule has 0 saturated heterocycles. The summed E-state index contributed by atoms with van der Waals surface area (Å²) in [5, 5.41) is 2.87. The molecule has 4 rings (SSSR count). The third-order valence-electron chi connectivity index (χ3n) is 4.81. The molecule has 0 spiro atoms. The van der Waals surface area contributed by atoms with Crippen LogP contribution in [0.5, 0.6) is 0 Å². The first-order chi connectivity index (χ1) is 14.0. The van der Waals surface area contributed by atoms with Crippen molar-refractivity contribution < 1.29 is 4.79 Å². The summed E-state index contributed by atoms with van der Waals surface area (Å²) in [4.78, 5) is 30.3. The number of amides is 1. The molecule has 0 unspecified atom stereocenters. The molecule has 29 heavy (non-hydrogen) atoms. The highest BCUT2D eigenvalue weighted by atomic mass is 16.2. The van der Waals surface area contributed by atoms with Crippen LogP contribution in [0.25, 0.3) is 22.2 Å². The average molecular weight is 386 g/mol. The fourth-order valence-electron chi connectivity index (χ4n) is 3.39. The normalized spacial score (nSPS) is 11.1. The number of anilines is 1. The van der Waals surface area contributed by atoms with Crippen LogP contribution >= 0.6 is 0 Å². The van der Waals surface area contributed by atoms with Gasteiger partial charge in [-0.1, -0.05) is 48.5 Å². The Morgan fingerprint density at radius 2 is 1.69 bits per heavy atom. The molecule has 6 nitrogen and oxygen atoms in total. The molecular weight excluding hydrogens is 364 g/mol. The Kier molecular flexibility index (Phi) is 4.99. The maximum absolute atomic E-state index is 13.1. The lowest BCUT2D eigenvalue weighted by atomic mass is 10.1. The molecule has 0 bridgehead atoms. The monoisotopic (exact) mass is 386 g/mol. The van der Waals surface area contributed by atoms with Crippen LogP contribution in [0.4, 0.5) is 5.69 Å². The van der Waals surface area contributed by atoms with Crippen LogP contribution in [-0.2, 0) is 11.3 Å². The number of rotatable bonds is 5. The molecule has 0 aliphatic carbocycles. The highest BCUT2D eigenvalue weighted by Gasteiger charge is 2.18. The first-order valence-corrected chi connectivity index (χ1v) is 9.55. The highest BCUT2D eigenvalue weighted by molar-refractivity contribution is 5.95. The topological polar surface area (TPSA) is 68.9 Å². The molecule has 0 aliphatic rings. The minimum absolute atomic E-state index is 0.0251. The van der Waals surface area contributed by atoms with Crippen LogP contribution in [0.2, 0.25) is 0 Å². The Balaban J connectivity index is 1.80. The summed E-state index contributed by atoms with van der Waals surface area (Å²) in [6, 6.07) is 19.0. The molecule has 4 aromatic rings. The van der Waals surface area contributed by atoms with E-state index in [4.69, 9.17) is 0 Å². The molecule has 0 radical (unpaired) electrons. The molecule has 2 heterocycles. The minimum atomic E-state index is -0.202. The van der Waals surface area contributed by atoms with E-state index in [2.05, 4.69) is 10.3 Å². The predicted octanol–water partition coefficient (Wildman–Crippen LogP) is 4.08. The van der Waals surface area contributed by atoms with Crippen molar-refractivity contribution in [3.05, 3.63) is 83.5 Å². The lowest BCUT2D eigenvalue weighted by molar-refractivity contribution is -0.116. The van der Waals surface area contributed by atoms with Gasteiger partial charge in [0.2, 0.25) is 5.91 Å². The number of fused-ring (bicyclic) bond motifs is 1. The van der Waals surface area contributed by atoms with Crippen LogP contribution in [0, 0.1) is 0 Å². The quantitative estimate of drug-likeness (QED) is 0.562. The lowest BCUT2D eigenvalue weighted by Crippen LogP contribution is -2.26. The minimum Gasteiger partial charge on any atom is -0.332 e. The maximum Gasteiger partial charge on any atom is 0.278 e. The maximum atomic E-state index is 13.1. The van der Waals surface area contributed by atoms with Crippen molar-refractivity contribution in [2.45, 2.75) is 26.4 Å². The van der Waals surface area contributed by atoms with Gasteiger partial charge >= 0.3 is 0 Å². The highest BCUT2D eigenvalue weighted by Crippen LogP contribution is 2.27. The van der Waals surface area contributed by atoms with Gasteiger partial charge in [-0.25, -0.2) is 4.98 Å². The number of carbonyl (C=O) groups excluding carboxylic acids is 1. The zero-order chi connectivity index (χ0) is 20.4. The van der Waals surface area contributed by atoms with Gasteiger partial charge in [0.05, 0.1) is 6.33 Å². The number of hydrogen-bond acceptors (Lipinski definition) is 3. The van der Waals surface area contributed by atoms with E-state index >= 15 is 0 Å². The zero-order valence-corrected chi connectivity index (χ0v) is 16.4. The smallest absolute Gasteiger partial charge is 0.278 e. The van der Waals surface area contributed by atoms with E-state index in [1.165, 1.54) is 0 Å². The number of carbonyl (C=O) groups is 1. The average Bonchev–Trinajstić information content (AvgIpc) is 3.08. The van der Waals surface area contributed by atoms with Gasteiger partial charge in [0.15, 0.2) is 0 Å². The molecule has 1 N–H and O–H groups in total. The summed E-state index contributed by atoms with van der Waals surface area (Å²) >= 11 is 0. The Hall–Kier alpha value is -3.67. The van der Waals surface area contributed by atoms with Crippen molar-refractivity contribution in [1.29, 1.82) is 0 Å². The SMILES string of the molecule is CC(C)n1cnc2c(-c3ccccc3)cn(CC(=O)Nc3ccccc3)c2c1=O. The van der Waals surface area contributed by atoms with Crippen LogP contribution in [0.15, 0.2) is 78.0 Å². The molecule has 0 atom stereocenters. The van der Waals surface area contributed by atoms with Crippen molar-refractivity contribution in [2.75, 3.05) is 5.32 Å². The van der Waals surface area contributed by atoms with E-state index < -0.39 is 0 Å².